The van der Waals surface area contributed by atoms with Crippen molar-refractivity contribution in [2.45, 2.75) is 25.3 Å². The SMILES string of the molecule is CN=C(NCCCc1ccc(N(C)C)cc1)NC1CCN(c2cc(OC)cc(OC)c2)C1. The van der Waals surface area contributed by atoms with Crippen LogP contribution in [0.1, 0.15) is 18.4 Å². The van der Waals surface area contributed by atoms with Gasteiger partial charge < -0.3 is 29.9 Å². The van der Waals surface area contributed by atoms with E-state index in [1.807, 2.05) is 13.1 Å². The molecule has 2 aromatic carbocycles. The maximum absolute atomic E-state index is 5.42. The Labute approximate surface area is 192 Å². The zero-order valence-electron chi connectivity index (χ0n) is 20.0. The lowest BCUT2D eigenvalue weighted by molar-refractivity contribution is 0.394. The van der Waals surface area contributed by atoms with Crippen LogP contribution >= 0.6 is 0 Å². The van der Waals surface area contributed by atoms with Crippen LogP contribution in [0.25, 0.3) is 0 Å². The summed E-state index contributed by atoms with van der Waals surface area (Å²) in [6, 6.07) is 15.1. The molecule has 1 fully saturated rings. The molecule has 7 heteroatoms. The summed E-state index contributed by atoms with van der Waals surface area (Å²) in [6.45, 7) is 2.78. The Kier molecular flexibility index (Phi) is 8.48. The van der Waals surface area contributed by atoms with Crippen LogP contribution in [0.2, 0.25) is 0 Å². The monoisotopic (exact) mass is 439 g/mol. The van der Waals surface area contributed by atoms with Gasteiger partial charge in [0.05, 0.1) is 14.2 Å². The Bertz CT molecular complexity index is 860. The highest BCUT2D eigenvalue weighted by atomic mass is 16.5. The highest BCUT2D eigenvalue weighted by molar-refractivity contribution is 5.80. The zero-order chi connectivity index (χ0) is 22.9. The number of aliphatic imine (C=N–C) groups is 1. The van der Waals surface area contributed by atoms with E-state index in [0.717, 1.165) is 62.0 Å². The Morgan fingerprint density at radius 2 is 1.78 bits per heavy atom. The van der Waals surface area contributed by atoms with Gasteiger partial charge in [-0.3, -0.25) is 4.99 Å². The number of nitrogens with zero attached hydrogens (tertiary/aromatic N) is 3. The van der Waals surface area contributed by atoms with Gasteiger partial charge in [0.25, 0.3) is 0 Å². The Hall–Kier alpha value is -3.09. The number of methoxy groups -OCH3 is 2. The molecular weight excluding hydrogens is 402 g/mol. The average molecular weight is 440 g/mol. The summed E-state index contributed by atoms with van der Waals surface area (Å²) in [5, 5.41) is 7.03. The first-order valence-corrected chi connectivity index (χ1v) is 11.2. The molecule has 7 nitrogen and oxygen atoms in total. The number of rotatable bonds is 9. The minimum atomic E-state index is 0.344. The molecule has 0 amide bonds. The van der Waals surface area contributed by atoms with Crippen LogP contribution in [-0.4, -0.2) is 67.0 Å². The molecule has 174 valence electrons. The predicted molar refractivity (Wildman–Crippen MR) is 134 cm³/mol. The van der Waals surface area contributed by atoms with Gasteiger partial charge in [0.1, 0.15) is 11.5 Å². The van der Waals surface area contributed by atoms with Gasteiger partial charge in [0.15, 0.2) is 5.96 Å². The summed E-state index contributed by atoms with van der Waals surface area (Å²) in [5.41, 5.74) is 3.71. The molecule has 1 unspecified atom stereocenters. The van der Waals surface area contributed by atoms with Gasteiger partial charge in [-0.05, 0) is 37.0 Å². The van der Waals surface area contributed by atoms with Crippen molar-refractivity contribution in [1.82, 2.24) is 10.6 Å². The molecule has 0 spiro atoms. The molecule has 2 aromatic rings. The first-order valence-electron chi connectivity index (χ1n) is 11.2. The molecule has 0 bridgehead atoms. The molecular formula is C25H37N5O2. The summed E-state index contributed by atoms with van der Waals surface area (Å²) in [6.07, 6.45) is 3.16. The fourth-order valence-corrected chi connectivity index (χ4v) is 3.94. The Morgan fingerprint density at radius 1 is 1.09 bits per heavy atom. The van der Waals surface area contributed by atoms with Crippen molar-refractivity contribution in [1.29, 1.82) is 0 Å². The zero-order valence-corrected chi connectivity index (χ0v) is 20.0. The largest absolute Gasteiger partial charge is 0.497 e. The highest BCUT2D eigenvalue weighted by Gasteiger charge is 2.24. The fourth-order valence-electron chi connectivity index (χ4n) is 3.94. The number of hydrogen-bond donors (Lipinski definition) is 2. The molecule has 0 radical (unpaired) electrons. The molecule has 2 N–H and O–H groups in total. The van der Waals surface area contributed by atoms with Crippen molar-refractivity contribution in [3.05, 3.63) is 48.0 Å². The quantitative estimate of drug-likeness (QED) is 0.356. The standard InChI is InChI=1S/C25H37N5O2/c1-26-25(27-13-6-7-19-8-10-21(11-9-19)29(2)3)28-20-12-14-30(18-20)22-15-23(31-4)17-24(16-22)32-5/h8-11,15-17,20H,6-7,12-14,18H2,1-5H3,(H2,26,27,28). The van der Waals surface area contributed by atoms with Crippen molar-refractivity contribution in [2.24, 2.45) is 4.99 Å². The summed E-state index contributed by atoms with van der Waals surface area (Å²) < 4.78 is 10.8. The van der Waals surface area contributed by atoms with Crippen LogP contribution in [0.4, 0.5) is 11.4 Å². The smallest absolute Gasteiger partial charge is 0.191 e. The third-order valence-electron chi connectivity index (χ3n) is 5.84. The van der Waals surface area contributed by atoms with E-state index in [4.69, 9.17) is 9.47 Å². The van der Waals surface area contributed by atoms with Gasteiger partial charge >= 0.3 is 0 Å². The van der Waals surface area contributed by atoms with Crippen molar-refractivity contribution in [2.75, 3.05) is 64.8 Å². The molecule has 1 atom stereocenters. The number of nitrogens with one attached hydrogen (secondary N) is 2. The topological polar surface area (TPSA) is 61.4 Å². The highest BCUT2D eigenvalue weighted by Crippen LogP contribution is 2.30. The normalized spacial score (nSPS) is 16.1. The molecule has 0 saturated carbocycles. The molecule has 1 saturated heterocycles. The number of benzene rings is 2. The minimum absolute atomic E-state index is 0.344. The third-order valence-corrected chi connectivity index (χ3v) is 5.84. The van der Waals surface area contributed by atoms with Crippen LogP contribution in [-0.2, 0) is 6.42 Å². The Balaban J connectivity index is 1.44. The van der Waals surface area contributed by atoms with Crippen molar-refractivity contribution in [3.8, 4) is 11.5 Å². The summed E-state index contributed by atoms with van der Waals surface area (Å²) in [4.78, 5) is 8.89. The van der Waals surface area contributed by atoms with E-state index in [0.29, 0.717) is 6.04 Å². The number of aryl methyl sites for hydroxylation is 1. The summed E-state index contributed by atoms with van der Waals surface area (Å²) in [5.74, 6) is 2.48. The average Bonchev–Trinajstić information content (AvgIpc) is 3.29. The molecule has 1 aliphatic rings. The van der Waals surface area contributed by atoms with Crippen molar-refractivity contribution in [3.63, 3.8) is 0 Å². The number of anilines is 2. The number of guanidine groups is 1. The molecule has 1 aliphatic heterocycles. The maximum atomic E-state index is 5.42. The summed E-state index contributed by atoms with van der Waals surface area (Å²) in [7, 11) is 9.32. The van der Waals surface area contributed by atoms with E-state index in [9.17, 15) is 0 Å². The minimum Gasteiger partial charge on any atom is -0.497 e. The fraction of sp³-hybridized carbons (Fsp3) is 0.480. The number of hydrogen-bond acceptors (Lipinski definition) is 5. The van der Waals surface area contributed by atoms with Crippen LogP contribution in [0.5, 0.6) is 11.5 Å². The first-order chi connectivity index (χ1) is 15.5. The second-order valence-corrected chi connectivity index (χ2v) is 8.31. The third kappa shape index (κ3) is 6.45. The maximum Gasteiger partial charge on any atom is 0.191 e. The van der Waals surface area contributed by atoms with E-state index in [2.05, 4.69) is 75.9 Å². The molecule has 0 aromatic heterocycles. The summed E-state index contributed by atoms with van der Waals surface area (Å²) >= 11 is 0. The van der Waals surface area contributed by atoms with Crippen LogP contribution in [0.15, 0.2) is 47.5 Å². The van der Waals surface area contributed by atoms with Crippen molar-refractivity contribution >= 4 is 17.3 Å². The lowest BCUT2D eigenvalue weighted by Gasteiger charge is -2.21. The van der Waals surface area contributed by atoms with Gasteiger partial charge in [0, 0.05) is 76.4 Å². The second kappa shape index (κ2) is 11.5. The van der Waals surface area contributed by atoms with Crippen LogP contribution in [0, 0.1) is 0 Å². The molecule has 3 rings (SSSR count). The second-order valence-electron chi connectivity index (χ2n) is 8.31. The number of ether oxygens (including phenoxy) is 2. The molecule has 1 heterocycles. The molecule has 32 heavy (non-hydrogen) atoms. The van der Waals surface area contributed by atoms with Gasteiger partial charge in [-0.15, -0.1) is 0 Å². The van der Waals surface area contributed by atoms with Gasteiger partial charge in [-0.2, -0.15) is 0 Å². The lowest BCUT2D eigenvalue weighted by atomic mass is 10.1. The van der Waals surface area contributed by atoms with E-state index < -0.39 is 0 Å². The van der Waals surface area contributed by atoms with Gasteiger partial charge in [-0.1, -0.05) is 12.1 Å². The van der Waals surface area contributed by atoms with Crippen LogP contribution in [0.3, 0.4) is 0 Å². The van der Waals surface area contributed by atoms with Gasteiger partial charge in [-0.25, -0.2) is 0 Å². The van der Waals surface area contributed by atoms with Crippen LogP contribution < -0.4 is 29.9 Å². The lowest BCUT2D eigenvalue weighted by Crippen LogP contribution is -2.44. The van der Waals surface area contributed by atoms with E-state index in [1.54, 1.807) is 14.2 Å². The van der Waals surface area contributed by atoms with Crippen molar-refractivity contribution < 1.29 is 9.47 Å². The Morgan fingerprint density at radius 3 is 2.38 bits per heavy atom. The van der Waals surface area contributed by atoms with E-state index in [-0.39, 0.29) is 0 Å². The van der Waals surface area contributed by atoms with Gasteiger partial charge in [0.2, 0.25) is 0 Å². The van der Waals surface area contributed by atoms with E-state index >= 15 is 0 Å². The molecule has 0 aliphatic carbocycles. The van der Waals surface area contributed by atoms with E-state index in [1.165, 1.54) is 11.3 Å². The first kappa shape index (κ1) is 23.6. The predicted octanol–water partition coefficient (Wildman–Crippen LogP) is 3.15.